The SMILES string of the molecule is C[C@H]([NH3+])C(=O)N[C@H]1CC[C@@H]2CC[C@@H](C(=O)NCCc3ccccc3)N2C1=O.[Cl-]. The van der Waals surface area contributed by atoms with Gasteiger partial charge in [0.2, 0.25) is 11.8 Å². The van der Waals surface area contributed by atoms with Crippen LogP contribution in [0.1, 0.15) is 38.2 Å². The van der Waals surface area contributed by atoms with Crippen LogP contribution < -0.4 is 28.8 Å². The lowest BCUT2D eigenvalue weighted by Crippen LogP contribution is -3.00. The van der Waals surface area contributed by atoms with Crippen LogP contribution in [-0.4, -0.2) is 53.3 Å². The van der Waals surface area contributed by atoms with Crippen LogP contribution in [0, 0.1) is 0 Å². The largest absolute Gasteiger partial charge is 1.00 e. The molecule has 3 amide bonds. The second-order valence-corrected chi connectivity index (χ2v) is 7.56. The number of quaternary nitrogens is 1. The number of nitrogens with one attached hydrogen (secondary N) is 2. The summed E-state index contributed by atoms with van der Waals surface area (Å²) in [5.74, 6) is -0.463. The Morgan fingerprint density at radius 1 is 1.18 bits per heavy atom. The van der Waals surface area contributed by atoms with Gasteiger partial charge >= 0.3 is 0 Å². The van der Waals surface area contributed by atoms with Crippen molar-refractivity contribution in [2.75, 3.05) is 6.54 Å². The smallest absolute Gasteiger partial charge is 0.278 e. The zero-order valence-corrected chi connectivity index (χ0v) is 17.0. The normalized spacial score (nSPS) is 24.7. The Bertz CT molecular complexity index is 698. The monoisotopic (exact) mass is 408 g/mol. The lowest BCUT2D eigenvalue weighted by molar-refractivity contribution is -0.398. The third-order valence-corrected chi connectivity index (χ3v) is 5.47. The van der Waals surface area contributed by atoms with Gasteiger partial charge in [0.25, 0.3) is 5.91 Å². The van der Waals surface area contributed by atoms with Crippen molar-refractivity contribution in [3.63, 3.8) is 0 Å². The van der Waals surface area contributed by atoms with Crippen molar-refractivity contribution in [1.82, 2.24) is 15.5 Å². The summed E-state index contributed by atoms with van der Waals surface area (Å²) in [4.78, 5) is 39.2. The number of piperidine rings is 1. The van der Waals surface area contributed by atoms with Crippen LogP contribution in [0.2, 0.25) is 0 Å². The zero-order valence-electron chi connectivity index (χ0n) is 16.2. The Labute approximate surface area is 171 Å². The quantitative estimate of drug-likeness (QED) is 0.457. The number of carbonyl (C=O) groups is 3. The van der Waals surface area contributed by atoms with E-state index in [9.17, 15) is 14.4 Å². The summed E-state index contributed by atoms with van der Waals surface area (Å²) in [6.45, 7) is 2.25. The van der Waals surface area contributed by atoms with E-state index in [1.54, 1.807) is 11.8 Å². The van der Waals surface area contributed by atoms with Gasteiger partial charge in [-0.05, 0) is 44.6 Å². The van der Waals surface area contributed by atoms with Crippen molar-refractivity contribution in [3.05, 3.63) is 35.9 Å². The maximum Gasteiger partial charge on any atom is 0.278 e. The minimum absolute atomic E-state index is 0. The predicted octanol–water partition coefficient (Wildman–Crippen LogP) is -3.38. The number of amides is 3. The van der Waals surface area contributed by atoms with Gasteiger partial charge < -0.3 is 33.7 Å². The van der Waals surface area contributed by atoms with E-state index < -0.39 is 18.1 Å². The molecule has 0 aliphatic carbocycles. The van der Waals surface area contributed by atoms with Crippen LogP contribution in [0.5, 0.6) is 0 Å². The third-order valence-electron chi connectivity index (χ3n) is 5.47. The summed E-state index contributed by atoms with van der Waals surface area (Å²) in [6.07, 6.45) is 3.72. The molecule has 8 heteroatoms. The molecule has 2 fully saturated rings. The van der Waals surface area contributed by atoms with E-state index in [1.807, 2.05) is 30.3 Å². The van der Waals surface area contributed by atoms with Crippen LogP contribution in [0.15, 0.2) is 30.3 Å². The Morgan fingerprint density at radius 3 is 2.54 bits per heavy atom. The van der Waals surface area contributed by atoms with Crippen LogP contribution >= 0.6 is 0 Å². The molecular weight excluding hydrogens is 380 g/mol. The number of hydrogen-bond acceptors (Lipinski definition) is 3. The number of nitrogens with zero attached hydrogens (tertiary/aromatic N) is 1. The number of rotatable bonds is 6. The standard InChI is InChI=1S/C20H28N4O3.ClH/c1-13(21)18(25)23-16-9-7-15-8-10-17(24(15)20(16)27)19(26)22-12-11-14-5-3-2-4-6-14;/h2-6,13,15-17H,7-12,21H2,1H3,(H,22,26)(H,23,25);1H/t13-,15+,16-,17-;/m0./s1. The van der Waals surface area contributed by atoms with Crippen LogP contribution in [-0.2, 0) is 20.8 Å². The maximum atomic E-state index is 12.9. The second kappa shape index (κ2) is 9.89. The maximum absolute atomic E-state index is 12.9. The van der Waals surface area contributed by atoms with Crippen molar-refractivity contribution in [1.29, 1.82) is 0 Å². The van der Waals surface area contributed by atoms with E-state index in [0.29, 0.717) is 19.4 Å². The third kappa shape index (κ3) is 5.02. The first-order valence-corrected chi connectivity index (χ1v) is 9.74. The molecule has 1 aromatic rings. The summed E-state index contributed by atoms with van der Waals surface area (Å²) < 4.78 is 0. The highest BCUT2D eigenvalue weighted by atomic mass is 35.5. The highest BCUT2D eigenvalue weighted by Gasteiger charge is 2.46. The summed E-state index contributed by atoms with van der Waals surface area (Å²) >= 11 is 0. The molecule has 2 aliphatic heterocycles. The molecule has 2 aliphatic rings. The topological polar surface area (TPSA) is 106 Å². The molecule has 28 heavy (non-hydrogen) atoms. The molecule has 3 rings (SSSR count). The molecule has 7 nitrogen and oxygen atoms in total. The summed E-state index contributed by atoms with van der Waals surface area (Å²) in [5, 5.41) is 5.75. The summed E-state index contributed by atoms with van der Waals surface area (Å²) in [7, 11) is 0. The Morgan fingerprint density at radius 2 is 1.86 bits per heavy atom. The highest BCUT2D eigenvalue weighted by molar-refractivity contribution is 5.93. The average molecular weight is 409 g/mol. The van der Waals surface area contributed by atoms with Gasteiger partial charge in [0.05, 0.1) is 0 Å². The molecule has 0 unspecified atom stereocenters. The van der Waals surface area contributed by atoms with Gasteiger partial charge in [-0.3, -0.25) is 14.4 Å². The second-order valence-electron chi connectivity index (χ2n) is 7.56. The molecule has 2 heterocycles. The summed E-state index contributed by atoms with van der Waals surface area (Å²) in [5.41, 5.74) is 4.86. The van der Waals surface area contributed by atoms with E-state index in [-0.39, 0.29) is 36.2 Å². The molecule has 154 valence electrons. The first kappa shape index (κ1) is 22.2. The fraction of sp³-hybridized carbons (Fsp3) is 0.550. The van der Waals surface area contributed by atoms with E-state index in [4.69, 9.17) is 0 Å². The van der Waals surface area contributed by atoms with Gasteiger partial charge in [0, 0.05) is 12.6 Å². The number of carbonyl (C=O) groups excluding carboxylic acids is 3. The Balaban J connectivity index is 0.00000280. The fourth-order valence-corrected chi connectivity index (χ4v) is 3.96. The number of halogens is 1. The molecule has 4 atom stereocenters. The van der Waals surface area contributed by atoms with Crippen molar-refractivity contribution >= 4 is 17.7 Å². The Hall–Kier alpha value is -2.12. The highest BCUT2D eigenvalue weighted by Crippen LogP contribution is 2.32. The van der Waals surface area contributed by atoms with Crippen molar-refractivity contribution < 1.29 is 32.5 Å². The van der Waals surface area contributed by atoms with Gasteiger partial charge in [-0.15, -0.1) is 0 Å². The van der Waals surface area contributed by atoms with Crippen molar-refractivity contribution in [2.24, 2.45) is 0 Å². The molecule has 0 spiro atoms. The lowest BCUT2D eigenvalue weighted by Gasteiger charge is -2.37. The van der Waals surface area contributed by atoms with Crippen LogP contribution in [0.3, 0.4) is 0 Å². The van der Waals surface area contributed by atoms with Gasteiger partial charge in [-0.1, -0.05) is 30.3 Å². The number of benzene rings is 1. The molecule has 0 aromatic heterocycles. The molecule has 0 radical (unpaired) electrons. The predicted molar refractivity (Wildman–Crippen MR) is 100 cm³/mol. The molecule has 5 N–H and O–H groups in total. The van der Waals surface area contributed by atoms with Crippen molar-refractivity contribution in [3.8, 4) is 0 Å². The van der Waals surface area contributed by atoms with E-state index in [1.165, 1.54) is 5.56 Å². The number of fused-ring (bicyclic) bond motifs is 1. The Kier molecular flexibility index (Phi) is 7.83. The minimum Gasteiger partial charge on any atom is -1.00 e. The lowest BCUT2D eigenvalue weighted by atomic mass is 9.97. The first-order chi connectivity index (χ1) is 13.0. The molecular formula is C20H29ClN4O3. The van der Waals surface area contributed by atoms with Gasteiger partial charge in [-0.25, -0.2) is 0 Å². The zero-order chi connectivity index (χ0) is 19.4. The van der Waals surface area contributed by atoms with Crippen LogP contribution in [0.4, 0.5) is 0 Å². The molecule has 1 aromatic carbocycles. The van der Waals surface area contributed by atoms with Gasteiger partial charge in [0.15, 0.2) is 6.04 Å². The number of hydrogen-bond donors (Lipinski definition) is 3. The van der Waals surface area contributed by atoms with Gasteiger partial charge in [-0.2, -0.15) is 0 Å². The summed E-state index contributed by atoms with van der Waals surface area (Å²) in [6, 6.07) is 8.70. The van der Waals surface area contributed by atoms with Crippen molar-refractivity contribution in [2.45, 2.75) is 63.2 Å². The first-order valence-electron chi connectivity index (χ1n) is 9.74. The van der Waals surface area contributed by atoms with Gasteiger partial charge in [0.1, 0.15) is 12.1 Å². The fourth-order valence-electron chi connectivity index (χ4n) is 3.96. The molecule has 0 bridgehead atoms. The van der Waals surface area contributed by atoms with E-state index >= 15 is 0 Å². The van der Waals surface area contributed by atoms with E-state index in [0.717, 1.165) is 19.3 Å². The molecule has 2 saturated heterocycles. The van der Waals surface area contributed by atoms with Crippen LogP contribution in [0.25, 0.3) is 0 Å². The molecule has 0 saturated carbocycles. The van der Waals surface area contributed by atoms with E-state index in [2.05, 4.69) is 16.4 Å². The minimum atomic E-state index is -0.546. The average Bonchev–Trinajstić information content (AvgIpc) is 3.09.